The molecular formula is C19H20ClN3O3. The third-order valence-electron chi connectivity index (χ3n) is 5.46. The maximum absolute atomic E-state index is 13.0. The third-order valence-corrected chi connectivity index (χ3v) is 5.69. The van der Waals surface area contributed by atoms with Crippen molar-refractivity contribution in [2.75, 3.05) is 0 Å². The van der Waals surface area contributed by atoms with Gasteiger partial charge in [0, 0.05) is 10.6 Å². The molecule has 3 amide bonds. The molecule has 4 rings (SSSR count). The van der Waals surface area contributed by atoms with Crippen LogP contribution >= 0.6 is 11.6 Å². The summed E-state index contributed by atoms with van der Waals surface area (Å²) in [6.07, 6.45) is 5.25. The number of amides is 3. The number of halogens is 1. The predicted octanol–water partition coefficient (Wildman–Crippen LogP) is 4.00. The van der Waals surface area contributed by atoms with Gasteiger partial charge in [-0.1, -0.05) is 43.5 Å². The van der Waals surface area contributed by atoms with Gasteiger partial charge in [0.25, 0.3) is 5.91 Å². The maximum atomic E-state index is 13.0. The molecule has 2 aromatic rings. The van der Waals surface area contributed by atoms with Gasteiger partial charge in [0.15, 0.2) is 5.76 Å². The second-order valence-electron chi connectivity index (χ2n) is 7.07. The van der Waals surface area contributed by atoms with Gasteiger partial charge < -0.3 is 9.73 Å². The normalized spacial score (nSPS) is 25.8. The van der Waals surface area contributed by atoms with E-state index in [0.717, 1.165) is 24.8 Å². The van der Waals surface area contributed by atoms with E-state index in [-0.39, 0.29) is 24.4 Å². The third kappa shape index (κ3) is 2.78. The monoisotopic (exact) mass is 373 g/mol. The second-order valence-corrected chi connectivity index (χ2v) is 7.50. The summed E-state index contributed by atoms with van der Waals surface area (Å²) in [6, 6.07) is 6.87. The Morgan fingerprint density at radius 1 is 1.38 bits per heavy atom. The summed E-state index contributed by atoms with van der Waals surface area (Å²) >= 11 is 6.01. The average Bonchev–Trinajstić information content (AvgIpc) is 3.18. The van der Waals surface area contributed by atoms with Crippen molar-refractivity contribution < 1.29 is 14.0 Å². The fourth-order valence-electron chi connectivity index (χ4n) is 3.93. The quantitative estimate of drug-likeness (QED) is 0.825. The van der Waals surface area contributed by atoms with E-state index in [1.165, 1.54) is 4.90 Å². The van der Waals surface area contributed by atoms with Crippen LogP contribution in [0.3, 0.4) is 0 Å². The van der Waals surface area contributed by atoms with Crippen molar-refractivity contribution in [1.82, 2.24) is 15.2 Å². The Morgan fingerprint density at radius 3 is 3.00 bits per heavy atom. The Labute approximate surface area is 156 Å². The molecule has 1 saturated carbocycles. The van der Waals surface area contributed by atoms with Gasteiger partial charge in [-0.05, 0) is 30.9 Å². The summed E-state index contributed by atoms with van der Waals surface area (Å²) in [7, 11) is 0. The van der Waals surface area contributed by atoms with Crippen LogP contribution in [0.25, 0.3) is 11.3 Å². The van der Waals surface area contributed by atoms with Crippen LogP contribution in [-0.4, -0.2) is 27.4 Å². The molecule has 0 bridgehead atoms. The first-order valence-corrected chi connectivity index (χ1v) is 9.22. The van der Waals surface area contributed by atoms with Gasteiger partial charge in [-0.2, -0.15) is 0 Å². The van der Waals surface area contributed by atoms with E-state index in [1.807, 2.05) is 19.1 Å². The van der Waals surface area contributed by atoms with E-state index in [2.05, 4.69) is 10.3 Å². The molecular weight excluding hydrogens is 354 g/mol. The molecule has 7 heteroatoms. The first-order chi connectivity index (χ1) is 12.5. The average molecular weight is 374 g/mol. The standard InChI is InChI=1S/C19H20ClN3O3/c1-12-5-2-3-8-19(12)17(24)23(18(25)22-19)11-16-21-10-15(26-16)13-6-4-7-14(20)9-13/h4,6-7,9-10,12H,2-3,5,8,11H2,1H3,(H,22,25). The fraction of sp³-hybridized carbons (Fsp3) is 0.421. The number of oxazole rings is 1. The van der Waals surface area contributed by atoms with Gasteiger partial charge in [0.05, 0.1) is 6.20 Å². The Hall–Kier alpha value is -2.34. The highest BCUT2D eigenvalue weighted by Crippen LogP contribution is 2.38. The smallest absolute Gasteiger partial charge is 0.325 e. The predicted molar refractivity (Wildman–Crippen MR) is 96.4 cm³/mol. The van der Waals surface area contributed by atoms with Crippen LogP contribution in [0.2, 0.25) is 5.02 Å². The molecule has 2 aliphatic rings. The van der Waals surface area contributed by atoms with Crippen molar-refractivity contribution in [2.24, 2.45) is 5.92 Å². The van der Waals surface area contributed by atoms with E-state index >= 15 is 0 Å². The zero-order chi connectivity index (χ0) is 18.3. The number of carbonyl (C=O) groups is 2. The molecule has 1 aliphatic heterocycles. The van der Waals surface area contributed by atoms with Crippen LogP contribution in [0, 0.1) is 5.92 Å². The first kappa shape index (κ1) is 17.1. The number of nitrogens with one attached hydrogen (secondary N) is 1. The van der Waals surface area contributed by atoms with Crippen LogP contribution in [0.4, 0.5) is 4.79 Å². The van der Waals surface area contributed by atoms with Gasteiger partial charge >= 0.3 is 6.03 Å². The molecule has 2 atom stereocenters. The molecule has 1 spiro atoms. The topological polar surface area (TPSA) is 75.4 Å². The number of hydrogen-bond acceptors (Lipinski definition) is 4. The van der Waals surface area contributed by atoms with Crippen molar-refractivity contribution in [3.63, 3.8) is 0 Å². The van der Waals surface area contributed by atoms with E-state index < -0.39 is 5.54 Å². The number of nitrogens with zero attached hydrogens (tertiary/aromatic N) is 2. The van der Waals surface area contributed by atoms with Crippen molar-refractivity contribution in [1.29, 1.82) is 0 Å². The summed E-state index contributed by atoms with van der Waals surface area (Å²) < 4.78 is 5.74. The number of urea groups is 1. The molecule has 26 heavy (non-hydrogen) atoms. The van der Waals surface area contributed by atoms with Crippen molar-refractivity contribution in [2.45, 2.75) is 44.7 Å². The van der Waals surface area contributed by atoms with E-state index in [1.54, 1.807) is 18.3 Å². The lowest BCUT2D eigenvalue weighted by Gasteiger charge is -2.36. The molecule has 6 nitrogen and oxygen atoms in total. The highest BCUT2D eigenvalue weighted by atomic mass is 35.5. The van der Waals surface area contributed by atoms with Gasteiger partial charge in [-0.25, -0.2) is 9.78 Å². The maximum Gasteiger partial charge on any atom is 0.325 e. The molecule has 1 aromatic heterocycles. The molecule has 1 N–H and O–H groups in total. The summed E-state index contributed by atoms with van der Waals surface area (Å²) in [6.45, 7) is 2.06. The second kappa shape index (κ2) is 6.43. The Bertz CT molecular complexity index is 865. The number of aromatic nitrogens is 1. The minimum atomic E-state index is -0.766. The van der Waals surface area contributed by atoms with Gasteiger partial charge in [0.2, 0.25) is 5.89 Å². The van der Waals surface area contributed by atoms with Crippen molar-refractivity contribution in [3.8, 4) is 11.3 Å². The van der Waals surface area contributed by atoms with Crippen LogP contribution in [0.5, 0.6) is 0 Å². The molecule has 1 aromatic carbocycles. The zero-order valence-electron chi connectivity index (χ0n) is 14.5. The lowest BCUT2D eigenvalue weighted by Crippen LogP contribution is -2.53. The molecule has 1 aliphatic carbocycles. The summed E-state index contributed by atoms with van der Waals surface area (Å²) in [5, 5.41) is 3.54. The van der Waals surface area contributed by atoms with Crippen LogP contribution < -0.4 is 5.32 Å². The zero-order valence-corrected chi connectivity index (χ0v) is 15.3. The Morgan fingerprint density at radius 2 is 2.23 bits per heavy atom. The van der Waals surface area contributed by atoms with Gasteiger partial charge in [-0.3, -0.25) is 9.69 Å². The van der Waals surface area contributed by atoms with E-state index in [0.29, 0.717) is 23.1 Å². The molecule has 1 saturated heterocycles. The van der Waals surface area contributed by atoms with E-state index in [4.69, 9.17) is 16.0 Å². The van der Waals surface area contributed by atoms with Crippen LogP contribution in [0.1, 0.15) is 38.5 Å². The molecule has 2 heterocycles. The minimum absolute atomic E-state index is 0.0275. The molecule has 0 radical (unpaired) electrons. The molecule has 2 fully saturated rings. The van der Waals surface area contributed by atoms with Crippen molar-refractivity contribution in [3.05, 3.63) is 41.4 Å². The summed E-state index contributed by atoms with van der Waals surface area (Å²) in [4.78, 5) is 30.9. The largest absolute Gasteiger partial charge is 0.439 e. The van der Waals surface area contributed by atoms with E-state index in [9.17, 15) is 9.59 Å². The molecule has 136 valence electrons. The minimum Gasteiger partial charge on any atom is -0.439 e. The highest BCUT2D eigenvalue weighted by Gasteiger charge is 2.55. The SMILES string of the molecule is CC1CCCCC12NC(=O)N(Cc1ncc(-c3cccc(Cl)c3)o1)C2=O. The summed E-state index contributed by atoms with van der Waals surface area (Å²) in [5.41, 5.74) is 0.0309. The Kier molecular flexibility index (Phi) is 4.23. The molecule has 2 unspecified atom stereocenters. The fourth-order valence-corrected chi connectivity index (χ4v) is 4.12. The number of hydrogen-bond donors (Lipinski definition) is 1. The number of benzene rings is 1. The van der Waals surface area contributed by atoms with Gasteiger partial charge in [0.1, 0.15) is 12.1 Å². The van der Waals surface area contributed by atoms with Crippen LogP contribution in [0.15, 0.2) is 34.9 Å². The summed E-state index contributed by atoms with van der Waals surface area (Å²) in [5.74, 6) is 0.834. The van der Waals surface area contributed by atoms with Crippen molar-refractivity contribution >= 4 is 23.5 Å². The number of rotatable bonds is 3. The number of carbonyl (C=O) groups excluding carboxylic acids is 2. The van der Waals surface area contributed by atoms with Gasteiger partial charge in [-0.15, -0.1) is 0 Å². The Balaban J connectivity index is 1.54. The highest BCUT2D eigenvalue weighted by molar-refractivity contribution is 6.30. The lowest BCUT2D eigenvalue weighted by molar-refractivity contribution is -0.134. The lowest BCUT2D eigenvalue weighted by atomic mass is 9.73. The van der Waals surface area contributed by atoms with Crippen LogP contribution in [-0.2, 0) is 11.3 Å². The number of imide groups is 1. The first-order valence-electron chi connectivity index (χ1n) is 8.84.